The van der Waals surface area contributed by atoms with Crippen LogP contribution in [0.25, 0.3) is 5.65 Å². The molecule has 0 fully saturated rings. The van der Waals surface area contributed by atoms with Gasteiger partial charge in [0.05, 0.1) is 18.7 Å². The van der Waals surface area contributed by atoms with Gasteiger partial charge in [-0.3, -0.25) is 14.0 Å². The molecule has 0 saturated heterocycles. The molecule has 5 aromatic rings. The van der Waals surface area contributed by atoms with Crippen LogP contribution in [0.5, 0.6) is 0 Å². The summed E-state index contributed by atoms with van der Waals surface area (Å²) in [7, 11) is 0. The molecule has 5 rings (SSSR count). The van der Waals surface area contributed by atoms with Crippen molar-refractivity contribution in [3.05, 3.63) is 134 Å². The number of hydrogen-bond donors (Lipinski definition) is 1. The first-order valence-corrected chi connectivity index (χ1v) is 11.2. The normalized spacial score (nSPS) is 11.0. The zero-order valence-corrected chi connectivity index (χ0v) is 19.2. The van der Waals surface area contributed by atoms with Crippen molar-refractivity contribution in [3.63, 3.8) is 0 Å². The minimum Gasteiger partial charge on any atom is -0.322 e. The summed E-state index contributed by atoms with van der Waals surface area (Å²) in [5.74, 6) is -0.361. The van der Waals surface area contributed by atoms with E-state index in [1.54, 1.807) is 42.6 Å². The van der Waals surface area contributed by atoms with Crippen molar-refractivity contribution in [1.82, 2.24) is 18.7 Å². The third-order valence-corrected chi connectivity index (χ3v) is 5.92. The minimum atomic E-state index is -0.361. The summed E-state index contributed by atoms with van der Waals surface area (Å²) in [6.45, 7) is 0.510. The number of anilines is 1. The Kier molecular flexibility index (Phi) is 6.03. The standard InChI is InChI=1S/C26H20ClN5O3/c27-22-9-2-1-7-19(22)16-30-17-20(11-12-24(30)33)25(34)28-21-8-5-6-18(14-21)15-32-26(35)31-13-4-3-10-23(31)29-32/h1-14,17H,15-16H2,(H,28,34). The molecule has 8 nitrogen and oxygen atoms in total. The highest BCUT2D eigenvalue weighted by Gasteiger charge is 2.11. The Morgan fingerprint density at radius 2 is 1.74 bits per heavy atom. The van der Waals surface area contributed by atoms with E-state index in [4.69, 9.17) is 11.6 Å². The largest absolute Gasteiger partial charge is 0.350 e. The van der Waals surface area contributed by atoms with Gasteiger partial charge in [-0.2, -0.15) is 0 Å². The molecule has 174 valence electrons. The van der Waals surface area contributed by atoms with Crippen LogP contribution in [0.3, 0.4) is 0 Å². The average molecular weight is 486 g/mol. The zero-order valence-electron chi connectivity index (χ0n) is 18.5. The third-order valence-electron chi connectivity index (χ3n) is 5.55. The number of hydrogen-bond acceptors (Lipinski definition) is 4. The number of rotatable bonds is 6. The van der Waals surface area contributed by atoms with E-state index in [2.05, 4.69) is 10.4 Å². The monoisotopic (exact) mass is 485 g/mol. The Hall–Kier alpha value is -4.43. The van der Waals surface area contributed by atoms with Crippen LogP contribution in [0.15, 0.2) is 101 Å². The summed E-state index contributed by atoms with van der Waals surface area (Å²) in [5.41, 5.74) is 2.57. The maximum absolute atomic E-state index is 12.9. The van der Waals surface area contributed by atoms with Gasteiger partial charge in [0.1, 0.15) is 0 Å². The van der Waals surface area contributed by atoms with E-state index in [9.17, 15) is 14.4 Å². The highest BCUT2D eigenvalue weighted by molar-refractivity contribution is 6.31. The molecule has 0 unspecified atom stereocenters. The molecule has 3 heterocycles. The lowest BCUT2D eigenvalue weighted by Gasteiger charge is -2.11. The summed E-state index contributed by atoms with van der Waals surface area (Å²) in [4.78, 5) is 37.8. The summed E-state index contributed by atoms with van der Waals surface area (Å²) >= 11 is 6.22. The lowest BCUT2D eigenvalue weighted by Crippen LogP contribution is -2.23. The number of pyridine rings is 2. The number of nitrogens with one attached hydrogen (secondary N) is 1. The number of halogens is 1. The van der Waals surface area contributed by atoms with Gasteiger partial charge in [-0.1, -0.05) is 48.0 Å². The second-order valence-corrected chi connectivity index (χ2v) is 8.41. The lowest BCUT2D eigenvalue weighted by atomic mass is 10.2. The Labute approximate surface area is 204 Å². The number of benzene rings is 2. The van der Waals surface area contributed by atoms with E-state index < -0.39 is 0 Å². The van der Waals surface area contributed by atoms with Crippen molar-refractivity contribution in [1.29, 1.82) is 0 Å². The molecule has 1 amide bonds. The molecule has 0 spiro atoms. The van der Waals surface area contributed by atoms with Gasteiger partial charge in [0.25, 0.3) is 11.5 Å². The number of fused-ring (bicyclic) bond motifs is 1. The van der Waals surface area contributed by atoms with Gasteiger partial charge >= 0.3 is 5.69 Å². The maximum Gasteiger partial charge on any atom is 0.350 e. The van der Waals surface area contributed by atoms with Crippen molar-refractivity contribution in [3.8, 4) is 0 Å². The van der Waals surface area contributed by atoms with Gasteiger partial charge < -0.3 is 9.88 Å². The van der Waals surface area contributed by atoms with Gasteiger partial charge in [-0.15, -0.1) is 5.10 Å². The predicted molar refractivity (Wildman–Crippen MR) is 134 cm³/mol. The fourth-order valence-electron chi connectivity index (χ4n) is 3.79. The molecule has 2 aromatic carbocycles. The highest BCUT2D eigenvalue weighted by atomic mass is 35.5. The first-order chi connectivity index (χ1) is 17.0. The molecule has 0 atom stereocenters. The molecule has 0 aliphatic heterocycles. The topological polar surface area (TPSA) is 90.4 Å². The predicted octanol–water partition coefficient (Wildman–Crippen LogP) is 3.66. The number of carbonyl (C=O) groups excluding carboxylic acids is 1. The maximum atomic E-state index is 12.9. The Morgan fingerprint density at radius 1 is 0.914 bits per heavy atom. The number of aromatic nitrogens is 4. The molecule has 1 N–H and O–H groups in total. The summed E-state index contributed by atoms with van der Waals surface area (Å²) in [6, 6.07) is 22.6. The molecule has 35 heavy (non-hydrogen) atoms. The SMILES string of the molecule is O=C(Nc1cccc(Cn2nc3ccccn3c2=O)c1)c1ccc(=O)n(Cc2ccccc2Cl)c1. The van der Waals surface area contributed by atoms with Crippen LogP contribution < -0.4 is 16.6 Å². The molecule has 3 aromatic heterocycles. The van der Waals surface area contributed by atoms with Crippen molar-refractivity contribution < 1.29 is 4.79 Å². The average Bonchev–Trinajstić information content (AvgIpc) is 3.17. The van der Waals surface area contributed by atoms with E-state index in [1.807, 2.05) is 30.3 Å². The minimum absolute atomic E-state index is 0.235. The van der Waals surface area contributed by atoms with Crippen LogP contribution in [0.1, 0.15) is 21.5 Å². The molecule has 0 aliphatic carbocycles. The number of amides is 1. The molecule has 9 heteroatoms. The van der Waals surface area contributed by atoms with Gasteiger partial charge in [0.15, 0.2) is 5.65 Å². The van der Waals surface area contributed by atoms with Crippen molar-refractivity contribution in [2.24, 2.45) is 0 Å². The third kappa shape index (κ3) is 4.78. The first-order valence-electron chi connectivity index (χ1n) is 10.9. The van der Waals surface area contributed by atoms with Crippen LogP contribution >= 0.6 is 11.6 Å². The smallest absolute Gasteiger partial charge is 0.322 e. The first kappa shape index (κ1) is 22.4. The van der Waals surface area contributed by atoms with Gasteiger partial charge in [-0.25, -0.2) is 9.48 Å². The van der Waals surface area contributed by atoms with Crippen molar-refractivity contribution >= 4 is 28.8 Å². The van der Waals surface area contributed by atoms with Gasteiger partial charge in [0, 0.05) is 29.2 Å². The van der Waals surface area contributed by atoms with Crippen LogP contribution in [0.4, 0.5) is 5.69 Å². The molecular formula is C26H20ClN5O3. The molecule has 0 saturated carbocycles. The fraction of sp³-hybridized carbons (Fsp3) is 0.0769. The lowest BCUT2D eigenvalue weighted by molar-refractivity contribution is 0.102. The highest BCUT2D eigenvalue weighted by Crippen LogP contribution is 2.16. The van der Waals surface area contributed by atoms with Crippen LogP contribution in [0.2, 0.25) is 5.02 Å². The summed E-state index contributed by atoms with van der Waals surface area (Å²) < 4.78 is 4.30. The molecular weight excluding hydrogens is 466 g/mol. The van der Waals surface area contributed by atoms with Crippen LogP contribution in [0, 0.1) is 0 Å². The van der Waals surface area contributed by atoms with E-state index in [1.165, 1.54) is 32.0 Å². The Balaban J connectivity index is 1.34. The molecule has 0 bridgehead atoms. The molecule has 0 aliphatic rings. The Bertz CT molecular complexity index is 1670. The van der Waals surface area contributed by atoms with Gasteiger partial charge in [-0.05, 0) is 47.5 Å². The second-order valence-electron chi connectivity index (χ2n) is 8.00. The van der Waals surface area contributed by atoms with E-state index in [0.29, 0.717) is 21.9 Å². The Morgan fingerprint density at radius 3 is 2.57 bits per heavy atom. The van der Waals surface area contributed by atoms with E-state index >= 15 is 0 Å². The van der Waals surface area contributed by atoms with Crippen molar-refractivity contribution in [2.75, 3.05) is 5.32 Å². The second kappa shape index (κ2) is 9.44. The number of carbonyl (C=O) groups is 1. The van der Waals surface area contributed by atoms with Gasteiger partial charge in [0.2, 0.25) is 0 Å². The number of nitrogens with zero attached hydrogens (tertiary/aromatic N) is 4. The summed E-state index contributed by atoms with van der Waals surface area (Å²) in [5, 5.41) is 7.75. The van der Waals surface area contributed by atoms with Crippen LogP contribution in [-0.4, -0.2) is 24.7 Å². The zero-order chi connectivity index (χ0) is 24.4. The summed E-state index contributed by atoms with van der Waals surface area (Å²) in [6.07, 6.45) is 3.18. The van der Waals surface area contributed by atoms with Crippen LogP contribution in [-0.2, 0) is 13.1 Å². The van der Waals surface area contributed by atoms with E-state index in [-0.39, 0.29) is 30.2 Å². The van der Waals surface area contributed by atoms with E-state index in [0.717, 1.165) is 11.1 Å². The fourth-order valence-corrected chi connectivity index (χ4v) is 3.99. The van der Waals surface area contributed by atoms with Crippen molar-refractivity contribution in [2.45, 2.75) is 13.1 Å². The molecule has 0 radical (unpaired) electrons. The quantitative estimate of drug-likeness (QED) is 0.397.